The number of aryl methyl sites for hydroxylation is 1. The Morgan fingerprint density at radius 2 is 1.65 bits per heavy atom. The molecule has 0 atom stereocenters. The Bertz CT molecular complexity index is 1620. The van der Waals surface area contributed by atoms with Crippen LogP contribution in [0.15, 0.2) is 88.9 Å². The number of aromatic nitrogens is 1. The lowest BCUT2D eigenvalue weighted by molar-refractivity contribution is -0.121. The molecule has 0 spiro atoms. The summed E-state index contributed by atoms with van der Waals surface area (Å²) in [7, 11) is -2.50. The lowest BCUT2D eigenvalue weighted by atomic mass is 10.2. The van der Waals surface area contributed by atoms with E-state index in [-0.39, 0.29) is 11.4 Å². The standard InChI is InChI=1S/C29H28Cl2N4O4S/c1-20-13-23(21(2)35(20)26-15-24(30)14-25(31)16-26)17-32-33-29(36)19-34(18-22-7-5-4-6-8-22)40(37,38)28-11-9-27(39-3)10-12-28/h4-17H,18-19H2,1-3H3,(H,33,36)/b32-17-. The molecule has 40 heavy (non-hydrogen) atoms. The average molecular weight is 600 g/mol. The van der Waals surface area contributed by atoms with Gasteiger partial charge in [0, 0.05) is 39.2 Å². The number of carbonyl (C=O) groups is 1. The van der Waals surface area contributed by atoms with Crippen LogP contribution in [0.25, 0.3) is 5.69 Å². The predicted molar refractivity (Wildman–Crippen MR) is 158 cm³/mol. The van der Waals surface area contributed by atoms with Crippen molar-refractivity contribution < 1.29 is 17.9 Å². The van der Waals surface area contributed by atoms with Crippen LogP contribution in [-0.2, 0) is 21.4 Å². The first-order valence-corrected chi connectivity index (χ1v) is 14.4. The minimum Gasteiger partial charge on any atom is -0.497 e. The van der Waals surface area contributed by atoms with Crippen LogP contribution in [0.4, 0.5) is 0 Å². The van der Waals surface area contributed by atoms with Gasteiger partial charge in [-0.3, -0.25) is 4.79 Å². The van der Waals surface area contributed by atoms with E-state index in [0.717, 1.165) is 32.5 Å². The van der Waals surface area contributed by atoms with Gasteiger partial charge in [-0.1, -0.05) is 53.5 Å². The van der Waals surface area contributed by atoms with Crippen molar-refractivity contribution >= 4 is 45.3 Å². The quantitative estimate of drug-likeness (QED) is 0.186. The highest BCUT2D eigenvalue weighted by Gasteiger charge is 2.27. The van der Waals surface area contributed by atoms with Crippen LogP contribution in [0.2, 0.25) is 10.0 Å². The van der Waals surface area contributed by atoms with Crippen molar-refractivity contribution in [3.8, 4) is 11.4 Å². The van der Waals surface area contributed by atoms with E-state index in [4.69, 9.17) is 27.9 Å². The van der Waals surface area contributed by atoms with Gasteiger partial charge in [-0.25, -0.2) is 13.8 Å². The number of rotatable bonds is 10. The molecule has 4 rings (SSSR count). The first-order valence-electron chi connectivity index (χ1n) is 12.2. The summed E-state index contributed by atoms with van der Waals surface area (Å²) >= 11 is 12.4. The second-order valence-corrected chi connectivity index (χ2v) is 11.8. The molecule has 0 radical (unpaired) electrons. The van der Waals surface area contributed by atoms with Gasteiger partial charge in [0.1, 0.15) is 5.75 Å². The molecule has 11 heteroatoms. The largest absolute Gasteiger partial charge is 0.497 e. The number of benzene rings is 3. The molecule has 1 heterocycles. The van der Waals surface area contributed by atoms with E-state index in [2.05, 4.69) is 10.5 Å². The van der Waals surface area contributed by atoms with Crippen molar-refractivity contribution in [3.05, 3.63) is 111 Å². The average Bonchev–Trinajstić information content (AvgIpc) is 3.20. The molecule has 4 aromatic rings. The summed E-state index contributed by atoms with van der Waals surface area (Å²) in [6.45, 7) is 3.42. The normalized spacial score (nSPS) is 11.8. The monoisotopic (exact) mass is 598 g/mol. The van der Waals surface area contributed by atoms with Crippen LogP contribution in [-0.4, -0.2) is 43.1 Å². The SMILES string of the molecule is COc1ccc(S(=O)(=O)N(CC(=O)N/N=C\c2cc(C)n(-c3cc(Cl)cc(Cl)c3)c2C)Cc2ccccc2)cc1. The molecule has 8 nitrogen and oxygen atoms in total. The van der Waals surface area contributed by atoms with Gasteiger partial charge < -0.3 is 9.30 Å². The van der Waals surface area contributed by atoms with Gasteiger partial charge in [0.25, 0.3) is 5.91 Å². The molecule has 0 unspecified atom stereocenters. The van der Waals surface area contributed by atoms with Gasteiger partial charge in [-0.05, 0) is 67.9 Å². The minimum atomic E-state index is -4.00. The van der Waals surface area contributed by atoms with Gasteiger partial charge in [0.15, 0.2) is 0 Å². The maximum Gasteiger partial charge on any atom is 0.255 e. The topological polar surface area (TPSA) is 93.0 Å². The van der Waals surface area contributed by atoms with E-state index in [1.165, 1.54) is 25.5 Å². The molecule has 0 bridgehead atoms. The number of nitrogens with zero attached hydrogens (tertiary/aromatic N) is 3. The molecular weight excluding hydrogens is 571 g/mol. The Hall–Kier alpha value is -3.63. The first-order chi connectivity index (χ1) is 19.1. The summed E-state index contributed by atoms with van der Waals surface area (Å²) in [4.78, 5) is 12.9. The fourth-order valence-corrected chi connectivity index (χ4v) is 6.16. The summed E-state index contributed by atoms with van der Waals surface area (Å²) in [5.74, 6) is -0.0573. The number of sulfonamides is 1. The summed E-state index contributed by atoms with van der Waals surface area (Å²) in [5.41, 5.74) is 6.55. The molecule has 0 saturated carbocycles. The zero-order valence-corrected chi connectivity index (χ0v) is 24.5. The fourth-order valence-electron chi connectivity index (χ4n) is 4.26. The van der Waals surface area contributed by atoms with E-state index in [1.54, 1.807) is 42.5 Å². The molecule has 0 aliphatic carbocycles. The maximum atomic E-state index is 13.5. The minimum absolute atomic E-state index is 0.00961. The van der Waals surface area contributed by atoms with Gasteiger partial charge in [-0.15, -0.1) is 0 Å². The second kappa shape index (κ2) is 12.7. The van der Waals surface area contributed by atoms with Crippen LogP contribution in [0.3, 0.4) is 0 Å². The smallest absolute Gasteiger partial charge is 0.255 e. The van der Waals surface area contributed by atoms with Crippen molar-refractivity contribution in [3.63, 3.8) is 0 Å². The van der Waals surface area contributed by atoms with Crippen molar-refractivity contribution in [2.24, 2.45) is 5.10 Å². The second-order valence-electron chi connectivity index (χ2n) is 9.02. The Morgan fingerprint density at radius 1 is 1.00 bits per heavy atom. The molecule has 1 amide bonds. The van der Waals surface area contributed by atoms with Gasteiger partial charge in [-0.2, -0.15) is 9.41 Å². The maximum absolute atomic E-state index is 13.5. The van der Waals surface area contributed by atoms with Gasteiger partial charge in [0.05, 0.1) is 24.8 Å². The number of nitrogens with one attached hydrogen (secondary N) is 1. The molecule has 0 aliphatic rings. The number of amides is 1. The van der Waals surface area contributed by atoms with E-state index in [9.17, 15) is 13.2 Å². The first kappa shape index (κ1) is 29.4. The van der Waals surface area contributed by atoms with Crippen LogP contribution < -0.4 is 10.2 Å². The van der Waals surface area contributed by atoms with Crippen LogP contribution >= 0.6 is 23.2 Å². The number of hydrogen-bond donors (Lipinski definition) is 1. The highest BCUT2D eigenvalue weighted by atomic mass is 35.5. The number of hydrazone groups is 1. The third kappa shape index (κ3) is 6.92. The molecule has 0 fully saturated rings. The fraction of sp³-hybridized carbons (Fsp3) is 0.172. The molecule has 1 aromatic heterocycles. The van der Waals surface area contributed by atoms with Crippen molar-refractivity contribution in [2.75, 3.05) is 13.7 Å². The molecule has 0 aliphatic heterocycles. The van der Waals surface area contributed by atoms with E-state index >= 15 is 0 Å². The lowest BCUT2D eigenvalue weighted by Crippen LogP contribution is -2.39. The number of carbonyl (C=O) groups excluding carboxylic acids is 1. The van der Waals surface area contributed by atoms with Crippen molar-refractivity contribution in [2.45, 2.75) is 25.3 Å². The van der Waals surface area contributed by atoms with E-state index < -0.39 is 22.5 Å². The summed E-state index contributed by atoms with van der Waals surface area (Å²) in [6.07, 6.45) is 1.52. The number of ether oxygens (including phenoxy) is 1. The highest BCUT2D eigenvalue weighted by molar-refractivity contribution is 7.89. The number of methoxy groups -OCH3 is 1. The molecule has 0 saturated heterocycles. The van der Waals surface area contributed by atoms with Crippen molar-refractivity contribution in [1.29, 1.82) is 0 Å². The predicted octanol–water partition coefficient (Wildman–Crippen LogP) is 5.75. The Balaban J connectivity index is 1.52. The summed E-state index contributed by atoms with van der Waals surface area (Å²) in [6, 6.07) is 22.3. The summed E-state index contributed by atoms with van der Waals surface area (Å²) in [5, 5.41) is 5.13. The lowest BCUT2D eigenvalue weighted by Gasteiger charge is -2.21. The third-order valence-corrected chi connectivity index (χ3v) is 8.43. The van der Waals surface area contributed by atoms with Gasteiger partial charge in [0.2, 0.25) is 10.0 Å². The van der Waals surface area contributed by atoms with E-state index in [0.29, 0.717) is 15.8 Å². The zero-order valence-electron chi connectivity index (χ0n) is 22.1. The highest BCUT2D eigenvalue weighted by Crippen LogP contribution is 2.26. The molecular formula is C29H28Cl2N4O4S. The number of halogens is 2. The van der Waals surface area contributed by atoms with Crippen LogP contribution in [0.1, 0.15) is 22.5 Å². The van der Waals surface area contributed by atoms with E-state index in [1.807, 2.05) is 42.7 Å². The Kier molecular flexibility index (Phi) is 9.32. The Labute approximate surface area is 243 Å². The van der Waals surface area contributed by atoms with Crippen LogP contribution in [0.5, 0.6) is 5.75 Å². The molecule has 1 N–H and O–H groups in total. The molecule has 208 valence electrons. The summed E-state index contributed by atoms with van der Waals surface area (Å²) < 4.78 is 35.2. The Morgan fingerprint density at radius 3 is 2.27 bits per heavy atom. The van der Waals surface area contributed by atoms with Crippen LogP contribution in [0, 0.1) is 13.8 Å². The third-order valence-electron chi connectivity index (χ3n) is 6.19. The zero-order chi connectivity index (χ0) is 28.9. The molecule has 3 aromatic carbocycles. The number of hydrogen-bond acceptors (Lipinski definition) is 5. The van der Waals surface area contributed by atoms with Crippen molar-refractivity contribution in [1.82, 2.24) is 14.3 Å². The van der Waals surface area contributed by atoms with Gasteiger partial charge >= 0.3 is 0 Å².